The van der Waals surface area contributed by atoms with Gasteiger partial charge in [0.1, 0.15) is 30.4 Å². The van der Waals surface area contributed by atoms with Crippen molar-refractivity contribution in [2.75, 3.05) is 13.2 Å². The molecule has 1 saturated heterocycles. The molecule has 1 aliphatic rings. The van der Waals surface area contributed by atoms with E-state index in [1.54, 1.807) is 13.2 Å². The fraction of sp³-hybridized carbons (Fsp3) is 0.867. The van der Waals surface area contributed by atoms with Crippen LogP contribution < -0.4 is 10.6 Å². The largest absolute Gasteiger partial charge is 0.394 e. The van der Waals surface area contributed by atoms with Crippen molar-refractivity contribution >= 4 is 12.2 Å². The van der Waals surface area contributed by atoms with Gasteiger partial charge >= 0.3 is 0 Å². The van der Waals surface area contributed by atoms with Crippen molar-refractivity contribution in [3.05, 3.63) is 0 Å². The third-order valence-corrected chi connectivity index (χ3v) is 3.87. The number of hydrogen-bond acceptors (Lipinski definition) is 9. The van der Waals surface area contributed by atoms with E-state index in [9.17, 15) is 30.0 Å². The Balaban J connectivity index is 2.76. The highest BCUT2D eigenvalue weighted by atomic mass is 16.6. The zero-order valence-electron chi connectivity index (χ0n) is 14.5. The van der Waals surface area contributed by atoms with Crippen molar-refractivity contribution in [3.8, 4) is 0 Å². The fourth-order valence-electron chi connectivity index (χ4n) is 2.55. The number of hydrogen-bond donors (Lipinski definition) is 6. The van der Waals surface area contributed by atoms with Crippen molar-refractivity contribution in [1.29, 1.82) is 0 Å². The van der Waals surface area contributed by atoms with E-state index < -0.39 is 61.4 Å². The Bertz CT molecular complexity index is 436. The van der Waals surface area contributed by atoms with Gasteiger partial charge in [0.2, 0.25) is 12.2 Å². The van der Waals surface area contributed by atoms with Crippen molar-refractivity contribution in [2.24, 2.45) is 0 Å². The second-order valence-electron chi connectivity index (χ2n) is 6.12. The highest BCUT2D eigenvalue weighted by molar-refractivity contribution is 5.73. The van der Waals surface area contributed by atoms with E-state index in [4.69, 9.17) is 9.47 Å². The van der Waals surface area contributed by atoms with Crippen LogP contribution in [-0.4, -0.2) is 94.7 Å². The molecule has 0 aromatic heterocycles. The summed E-state index contributed by atoms with van der Waals surface area (Å²) < 4.78 is 10.8. The summed E-state index contributed by atoms with van der Waals surface area (Å²) in [6.07, 6.45) is -4.72. The topological polar surface area (TPSA) is 158 Å². The van der Waals surface area contributed by atoms with E-state index >= 15 is 0 Å². The van der Waals surface area contributed by atoms with Crippen molar-refractivity contribution in [1.82, 2.24) is 10.6 Å². The second-order valence-corrected chi connectivity index (χ2v) is 6.12. The molecule has 1 aliphatic heterocycles. The van der Waals surface area contributed by atoms with Gasteiger partial charge in [0.15, 0.2) is 6.29 Å². The maximum atomic E-state index is 11.3. The maximum absolute atomic E-state index is 11.3. The van der Waals surface area contributed by atoms with Crippen molar-refractivity contribution in [2.45, 2.75) is 69.7 Å². The van der Waals surface area contributed by atoms with Gasteiger partial charge < -0.3 is 40.5 Å². The number of nitrogens with one attached hydrogen (secondary N) is 2. The highest BCUT2D eigenvalue weighted by Gasteiger charge is 2.46. The molecule has 1 unspecified atom stereocenters. The number of amides is 1. The summed E-state index contributed by atoms with van der Waals surface area (Å²) >= 11 is 0. The molecule has 145 valence electrons. The molecular weight excluding hydrogens is 336 g/mol. The van der Waals surface area contributed by atoms with Gasteiger partial charge in [-0.3, -0.25) is 9.59 Å². The van der Waals surface area contributed by atoms with Crippen LogP contribution in [0.4, 0.5) is 0 Å². The molecule has 1 heterocycles. The third-order valence-electron chi connectivity index (χ3n) is 3.87. The molecule has 6 N–H and O–H groups in total. The van der Waals surface area contributed by atoms with Gasteiger partial charge in [-0.1, -0.05) is 0 Å². The van der Waals surface area contributed by atoms with E-state index in [0.29, 0.717) is 0 Å². The monoisotopic (exact) mass is 363 g/mol. The molecular formula is C15H27N2O8. The standard InChI is InChI=1S/C15H27N2O8/c1-7(4-16-10(5-18)8(2)20)24-14-12(17-9(3)21)15(23)25-11(6-19)13(14)22/h7-8,10-16,19-20,22-23H,4,6H2,1-3H3,(H,17,21)/t7?,8-,10-,11-,12-,13-,14-,15+/m1/s1. The van der Waals surface area contributed by atoms with Gasteiger partial charge in [0.05, 0.1) is 18.8 Å². The third kappa shape index (κ3) is 6.26. The number of ether oxygens (including phenoxy) is 2. The molecule has 0 aromatic carbocycles. The Kier molecular flexibility index (Phi) is 8.86. The van der Waals surface area contributed by atoms with Crippen LogP contribution in [0.1, 0.15) is 20.8 Å². The van der Waals surface area contributed by atoms with Gasteiger partial charge in [-0.15, -0.1) is 0 Å². The first-order chi connectivity index (χ1) is 11.7. The summed E-state index contributed by atoms with van der Waals surface area (Å²) in [6, 6.07) is -1.93. The zero-order chi connectivity index (χ0) is 19.1. The molecule has 0 aromatic rings. The average Bonchev–Trinajstić information content (AvgIpc) is 2.53. The first-order valence-corrected chi connectivity index (χ1v) is 8.05. The molecule has 8 atom stereocenters. The van der Waals surface area contributed by atoms with Crippen LogP contribution in [-0.2, 0) is 19.1 Å². The Labute approximate surface area is 146 Å². The Morgan fingerprint density at radius 1 is 1.36 bits per heavy atom. The summed E-state index contributed by atoms with van der Waals surface area (Å²) in [4.78, 5) is 22.1. The van der Waals surface area contributed by atoms with E-state index in [1.807, 2.05) is 0 Å². The van der Waals surface area contributed by atoms with Crippen LogP contribution >= 0.6 is 0 Å². The Morgan fingerprint density at radius 3 is 2.48 bits per heavy atom. The van der Waals surface area contributed by atoms with Gasteiger partial charge in [0, 0.05) is 13.5 Å². The summed E-state index contributed by atoms with van der Waals surface area (Å²) in [6.45, 7) is 3.92. The minimum absolute atomic E-state index is 0.140. The molecule has 0 saturated carbocycles. The Morgan fingerprint density at radius 2 is 2.00 bits per heavy atom. The highest BCUT2D eigenvalue weighted by Crippen LogP contribution is 2.23. The average molecular weight is 363 g/mol. The molecule has 10 nitrogen and oxygen atoms in total. The number of rotatable bonds is 9. The lowest BCUT2D eigenvalue weighted by atomic mass is 9.96. The van der Waals surface area contributed by atoms with E-state index in [2.05, 4.69) is 10.6 Å². The number of carbonyl (C=O) groups is 1. The molecule has 0 spiro atoms. The Hall–Kier alpha value is -1.14. The summed E-state index contributed by atoms with van der Waals surface area (Å²) in [5, 5.41) is 44.2. The lowest BCUT2D eigenvalue weighted by molar-refractivity contribution is -0.267. The van der Waals surface area contributed by atoms with Gasteiger partial charge in [-0.05, 0) is 13.8 Å². The molecule has 0 aliphatic carbocycles. The van der Waals surface area contributed by atoms with E-state index in [0.717, 1.165) is 0 Å². The lowest BCUT2D eigenvalue weighted by Gasteiger charge is -2.43. The van der Waals surface area contributed by atoms with Crippen molar-refractivity contribution < 1.29 is 39.5 Å². The molecule has 1 radical (unpaired) electrons. The molecule has 1 amide bonds. The second kappa shape index (κ2) is 10.1. The maximum Gasteiger partial charge on any atom is 0.219 e. The first kappa shape index (κ1) is 21.9. The minimum Gasteiger partial charge on any atom is -0.394 e. The van der Waals surface area contributed by atoms with Gasteiger partial charge in [0.25, 0.3) is 0 Å². The zero-order valence-corrected chi connectivity index (χ0v) is 14.5. The lowest BCUT2D eigenvalue weighted by Crippen LogP contribution is -2.65. The molecule has 10 heteroatoms. The predicted octanol–water partition coefficient (Wildman–Crippen LogP) is -3.22. The van der Waals surface area contributed by atoms with Crippen LogP contribution in [0.25, 0.3) is 0 Å². The number of aliphatic hydroxyl groups excluding tert-OH is 4. The van der Waals surface area contributed by atoms with Crippen LogP contribution in [0.15, 0.2) is 0 Å². The molecule has 1 rings (SSSR count). The van der Waals surface area contributed by atoms with E-state index in [1.165, 1.54) is 13.8 Å². The normalized spacial score (nSPS) is 33.3. The predicted molar refractivity (Wildman–Crippen MR) is 85.1 cm³/mol. The minimum atomic E-state index is -1.47. The van der Waals surface area contributed by atoms with E-state index in [-0.39, 0.29) is 6.54 Å². The summed E-state index contributed by atoms with van der Waals surface area (Å²) in [5.74, 6) is -0.452. The summed E-state index contributed by atoms with van der Waals surface area (Å²) in [7, 11) is 0. The molecule has 1 fully saturated rings. The number of aliphatic hydroxyl groups is 4. The first-order valence-electron chi connectivity index (χ1n) is 8.05. The van der Waals surface area contributed by atoms with Crippen LogP contribution in [0, 0.1) is 0 Å². The van der Waals surface area contributed by atoms with Crippen molar-refractivity contribution in [3.63, 3.8) is 0 Å². The van der Waals surface area contributed by atoms with Gasteiger partial charge in [-0.2, -0.15) is 0 Å². The SMILES string of the molecule is CC(=O)N[C@@H]1[C@@H](OC(C)CN[C@H]([C]=O)[C@@H](C)O)[C@H](O)[C@@H](CO)O[C@@H]1O. The molecule has 25 heavy (non-hydrogen) atoms. The van der Waals surface area contributed by atoms with Gasteiger partial charge in [-0.25, -0.2) is 0 Å². The van der Waals surface area contributed by atoms with Crippen LogP contribution in [0.5, 0.6) is 0 Å². The molecule has 0 bridgehead atoms. The number of carbonyl (C=O) groups excluding carboxylic acids is 2. The van der Waals surface area contributed by atoms with Crippen LogP contribution in [0.2, 0.25) is 0 Å². The quantitative estimate of drug-likeness (QED) is 0.248. The smallest absolute Gasteiger partial charge is 0.219 e. The van der Waals surface area contributed by atoms with Crippen LogP contribution in [0.3, 0.4) is 0 Å². The fourth-order valence-corrected chi connectivity index (χ4v) is 2.55. The summed E-state index contributed by atoms with van der Waals surface area (Å²) in [5.41, 5.74) is 0.